The van der Waals surface area contributed by atoms with Crippen LogP contribution in [0.1, 0.15) is 39.9 Å². The number of carbonyl (C=O) groups is 3. The second kappa shape index (κ2) is 10.8. The topological polar surface area (TPSA) is 127 Å². The van der Waals surface area contributed by atoms with Gasteiger partial charge in [-0.05, 0) is 31.5 Å². The van der Waals surface area contributed by atoms with Crippen LogP contribution in [-0.4, -0.2) is 78.6 Å². The van der Waals surface area contributed by atoms with E-state index in [1.165, 1.54) is 4.90 Å². The van der Waals surface area contributed by atoms with Crippen LogP contribution in [0.15, 0.2) is 63.5 Å². The number of aromatic nitrogens is 1. The molecule has 1 N–H and O–H groups in total. The molecular formula is C32H32N4O7. The molecule has 2 aromatic heterocycles. The highest BCUT2D eigenvalue weighted by Gasteiger charge is 2.53. The minimum atomic E-state index is -0.584. The summed E-state index contributed by atoms with van der Waals surface area (Å²) in [4.78, 5) is 43.5. The smallest absolute Gasteiger partial charge is 0.289 e. The molecular weight excluding hydrogens is 552 g/mol. The van der Waals surface area contributed by atoms with Gasteiger partial charge >= 0.3 is 0 Å². The molecule has 6 heterocycles. The second-order valence-electron chi connectivity index (χ2n) is 11.6. The van der Waals surface area contributed by atoms with E-state index in [0.29, 0.717) is 67.8 Å². The van der Waals surface area contributed by atoms with Crippen molar-refractivity contribution in [1.29, 1.82) is 0 Å². The zero-order chi connectivity index (χ0) is 29.6. The Kier molecular flexibility index (Phi) is 6.79. The van der Waals surface area contributed by atoms with Crippen molar-refractivity contribution in [1.82, 2.24) is 20.3 Å². The number of carbonyl (C=O) groups excluding carboxylic acids is 3. The van der Waals surface area contributed by atoms with E-state index in [-0.39, 0.29) is 48.9 Å². The molecule has 11 nitrogen and oxygen atoms in total. The van der Waals surface area contributed by atoms with Gasteiger partial charge in [0.25, 0.3) is 5.91 Å². The molecule has 0 aliphatic carbocycles. The van der Waals surface area contributed by atoms with Crippen LogP contribution in [0.2, 0.25) is 0 Å². The van der Waals surface area contributed by atoms with Gasteiger partial charge < -0.3 is 33.5 Å². The van der Waals surface area contributed by atoms with Gasteiger partial charge in [0.15, 0.2) is 17.3 Å². The Hall–Kier alpha value is -4.80. The standard InChI is InChI=1S/C32H32N4O7/c1-20-12-22(43-34-20)14-29(38)35-10-5-11-40-26-9-4-7-23-24-15-36(31(39)27-13-21-6-2-3-8-25(21)42-27)18-32(24,19-41-30(23)26)17-33-28(37)16-35/h2-4,6-9,12-13,24H,5,10-11,14-19H2,1H3,(H,33,37)/t24-,32+/m0/s1. The van der Waals surface area contributed by atoms with Crippen LogP contribution < -0.4 is 14.8 Å². The van der Waals surface area contributed by atoms with Crippen LogP contribution in [0.5, 0.6) is 11.5 Å². The van der Waals surface area contributed by atoms with E-state index in [2.05, 4.69) is 10.5 Å². The molecule has 0 radical (unpaired) electrons. The largest absolute Gasteiger partial charge is 0.490 e. The number of amides is 3. The summed E-state index contributed by atoms with van der Waals surface area (Å²) in [5.41, 5.74) is 1.71. The number of aryl methyl sites for hydroxylation is 1. The summed E-state index contributed by atoms with van der Waals surface area (Å²) in [6.45, 7) is 3.72. The first-order chi connectivity index (χ1) is 20.9. The third-order valence-corrected chi connectivity index (χ3v) is 8.62. The quantitative estimate of drug-likeness (QED) is 0.389. The number of rotatable bonds is 3. The Morgan fingerprint density at radius 2 is 1.98 bits per heavy atom. The fourth-order valence-electron chi connectivity index (χ4n) is 6.46. The van der Waals surface area contributed by atoms with Gasteiger partial charge in [0.05, 0.1) is 31.9 Å². The first-order valence-corrected chi connectivity index (χ1v) is 14.5. The van der Waals surface area contributed by atoms with Crippen molar-refractivity contribution in [3.63, 3.8) is 0 Å². The lowest BCUT2D eigenvalue weighted by molar-refractivity contribution is -0.136. The molecule has 2 atom stereocenters. The monoisotopic (exact) mass is 584 g/mol. The van der Waals surface area contributed by atoms with Crippen LogP contribution >= 0.6 is 0 Å². The van der Waals surface area contributed by atoms with E-state index in [0.717, 1.165) is 10.9 Å². The molecule has 3 amide bonds. The van der Waals surface area contributed by atoms with Gasteiger partial charge in [0.1, 0.15) is 11.3 Å². The average molecular weight is 585 g/mol. The average Bonchev–Trinajstić information content (AvgIpc) is 3.73. The third-order valence-electron chi connectivity index (χ3n) is 8.62. The summed E-state index contributed by atoms with van der Waals surface area (Å²) in [5.74, 6) is 1.20. The Morgan fingerprint density at radius 1 is 1.09 bits per heavy atom. The van der Waals surface area contributed by atoms with Crippen molar-refractivity contribution in [3.8, 4) is 11.5 Å². The molecule has 0 saturated carbocycles. The molecule has 8 rings (SSSR count). The van der Waals surface area contributed by atoms with Crippen LogP contribution in [0.25, 0.3) is 11.0 Å². The van der Waals surface area contributed by atoms with Crippen molar-refractivity contribution < 1.29 is 32.8 Å². The lowest BCUT2D eigenvalue weighted by Crippen LogP contribution is -2.50. The Bertz CT molecular complexity index is 1680. The van der Waals surface area contributed by atoms with Gasteiger partial charge in [0, 0.05) is 54.5 Å². The normalized spacial score (nSPS) is 22.0. The highest BCUT2D eigenvalue weighted by molar-refractivity contribution is 5.96. The Balaban J connectivity index is 1.16. The summed E-state index contributed by atoms with van der Waals surface area (Å²) in [7, 11) is 0. The molecule has 0 unspecified atom stereocenters. The highest BCUT2D eigenvalue weighted by Crippen LogP contribution is 2.52. The summed E-state index contributed by atoms with van der Waals surface area (Å²) in [6.07, 6.45) is 0.533. The molecule has 1 spiro atoms. The van der Waals surface area contributed by atoms with Crippen LogP contribution in [0, 0.1) is 12.3 Å². The number of benzene rings is 2. The van der Waals surface area contributed by atoms with E-state index in [1.54, 1.807) is 24.0 Å². The number of ether oxygens (including phenoxy) is 2. The fourth-order valence-corrected chi connectivity index (χ4v) is 6.46. The maximum Gasteiger partial charge on any atom is 0.289 e. The Labute approximate surface area is 247 Å². The number of fused-ring (bicyclic) bond motifs is 10. The van der Waals surface area contributed by atoms with Crippen molar-refractivity contribution in [2.75, 3.05) is 45.9 Å². The van der Waals surface area contributed by atoms with E-state index in [4.69, 9.17) is 18.4 Å². The molecule has 222 valence electrons. The SMILES string of the molecule is Cc1cc(CC(=O)N2CCCOc3cccc4c3OC[C@@]3(CNC(=O)C2)CN(C(=O)c2cc5ccccc5o2)C[C@@H]43)on1. The molecule has 4 aliphatic rings. The van der Waals surface area contributed by atoms with E-state index < -0.39 is 5.41 Å². The van der Waals surface area contributed by atoms with Gasteiger partial charge in [-0.25, -0.2) is 0 Å². The fraction of sp³-hybridized carbons (Fsp3) is 0.375. The maximum absolute atomic E-state index is 13.7. The van der Waals surface area contributed by atoms with E-state index in [9.17, 15) is 14.4 Å². The Morgan fingerprint density at radius 3 is 2.81 bits per heavy atom. The maximum atomic E-state index is 13.7. The lowest BCUT2D eigenvalue weighted by atomic mass is 9.73. The number of furan rings is 1. The van der Waals surface area contributed by atoms with E-state index >= 15 is 0 Å². The third kappa shape index (κ3) is 5.09. The number of para-hydroxylation sites is 2. The predicted octanol–water partition coefficient (Wildman–Crippen LogP) is 3.32. The summed E-state index contributed by atoms with van der Waals surface area (Å²) in [6, 6.07) is 16.8. The summed E-state index contributed by atoms with van der Waals surface area (Å²) in [5, 5.41) is 7.79. The first kappa shape index (κ1) is 27.1. The zero-order valence-electron chi connectivity index (χ0n) is 23.8. The molecule has 4 bridgehead atoms. The molecule has 1 fully saturated rings. The molecule has 4 aromatic rings. The molecule has 2 aromatic carbocycles. The first-order valence-electron chi connectivity index (χ1n) is 14.5. The van der Waals surface area contributed by atoms with Gasteiger partial charge in [-0.1, -0.05) is 35.5 Å². The highest BCUT2D eigenvalue weighted by atomic mass is 16.5. The second-order valence-corrected chi connectivity index (χ2v) is 11.6. The van der Waals surface area contributed by atoms with Crippen molar-refractivity contribution in [2.24, 2.45) is 5.41 Å². The van der Waals surface area contributed by atoms with E-state index in [1.807, 2.05) is 42.5 Å². The minimum Gasteiger partial charge on any atom is -0.490 e. The number of hydrogen-bond donors (Lipinski definition) is 1. The van der Waals surface area contributed by atoms with Gasteiger partial charge in [0.2, 0.25) is 11.8 Å². The van der Waals surface area contributed by atoms with Gasteiger partial charge in [-0.2, -0.15) is 0 Å². The zero-order valence-corrected chi connectivity index (χ0v) is 23.8. The molecule has 1 saturated heterocycles. The number of nitrogens with one attached hydrogen (secondary N) is 1. The minimum absolute atomic E-state index is 0.0138. The van der Waals surface area contributed by atoms with Crippen LogP contribution in [0.3, 0.4) is 0 Å². The molecule has 4 aliphatic heterocycles. The summed E-state index contributed by atoms with van der Waals surface area (Å²) >= 11 is 0. The van der Waals surface area contributed by atoms with Crippen molar-refractivity contribution >= 4 is 28.7 Å². The van der Waals surface area contributed by atoms with Crippen molar-refractivity contribution in [3.05, 3.63) is 77.4 Å². The predicted molar refractivity (Wildman–Crippen MR) is 154 cm³/mol. The lowest BCUT2D eigenvalue weighted by Gasteiger charge is -2.40. The van der Waals surface area contributed by atoms with Crippen LogP contribution in [-0.2, 0) is 16.0 Å². The summed E-state index contributed by atoms with van der Waals surface area (Å²) < 4.78 is 23.6. The van der Waals surface area contributed by atoms with Gasteiger partial charge in [-0.15, -0.1) is 0 Å². The molecule has 43 heavy (non-hydrogen) atoms. The number of likely N-dealkylation sites (tertiary alicyclic amines) is 1. The van der Waals surface area contributed by atoms with Gasteiger partial charge in [-0.3, -0.25) is 14.4 Å². The van der Waals surface area contributed by atoms with Crippen molar-refractivity contribution in [2.45, 2.75) is 25.7 Å². The number of hydrogen-bond acceptors (Lipinski definition) is 8. The van der Waals surface area contributed by atoms with Crippen LogP contribution in [0.4, 0.5) is 0 Å². The number of nitrogens with zero attached hydrogens (tertiary/aromatic N) is 3. The molecule has 11 heteroatoms.